The molecule has 0 radical (unpaired) electrons. The van der Waals surface area contributed by atoms with E-state index in [1.165, 1.54) is 0 Å². The molecular formula is C15H16ClN3O3S. The van der Waals surface area contributed by atoms with Gasteiger partial charge >= 0.3 is 0 Å². The van der Waals surface area contributed by atoms with Crippen LogP contribution in [0.2, 0.25) is 5.02 Å². The van der Waals surface area contributed by atoms with E-state index in [2.05, 4.69) is 14.9 Å². The normalized spacial score (nSPS) is 15.4. The van der Waals surface area contributed by atoms with Crippen LogP contribution >= 0.6 is 11.6 Å². The number of nitrogens with one attached hydrogen (secondary N) is 1. The van der Waals surface area contributed by atoms with Crippen LogP contribution in [-0.4, -0.2) is 36.1 Å². The molecule has 0 spiro atoms. The van der Waals surface area contributed by atoms with Crippen molar-refractivity contribution in [2.75, 3.05) is 12.8 Å². The van der Waals surface area contributed by atoms with Crippen LogP contribution in [0.1, 0.15) is 16.8 Å². The fourth-order valence-electron chi connectivity index (χ4n) is 2.64. The summed E-state index contributed by atoms with van der Waals surface area (Å²) in [5.74, 6) is 0. The van der Waals surface area contributed by atoms with Crippen molar-refractivity contribution in [3.63, 3.8) is 0 Å². The highest BCUT2D eigenvalue weighted by molar-refractivity contribution is 7.90. The first kappa shape index (κ1) is 16.2. The molecule has 0 unspecified atom stereocenters. The summed E-state index contributed by atoms with van der Waals surface area (Å²) in [6.45, 7) is 1.75. The molecule has 1 aromatic carbocycles. The minimum Gasteiger partial charge on any atom is -0.297 e. The maximum Gasteiger partial charge on any atom is 0.256 e. The van der Waals surface area contributed by atoms with Crippen LogP contribution in [0.25, 0.3) is 0 Å². The molecule has 3 rings (SSSR count). The molecule has 23 heavy (non-hydrogen) atoms. The van der Waals surface area contributed by atoms with Gasteiger partial charge in [0.2, 0.25) is 15.0 Å². The Labute approximate surface area is 139 Å². The molecule has 1 aliphatic rings. The molecule has 1 N–H and O–H groups in total. The van der Waals surface area contributed by atoms with Crippen molar-refractivity contribution < 1.29 is 8.42 Å². The SMILES string of the molecule is CS(=O)(=O)c1nc2c(c(=O)[nH]1)CN(Cc1ccccc1Cl)CC2. The Morgan fingerprint density at radius 2 is 2.09 bits per heavy atom. The number of halogens is 1. The number of fused-ring (bicyclic) bond motifs is 1. The lowest BCUT2D eigenvalue weighted by Crippen LogP contribution is -2.36. The number of benzene rings is 1. The maximum atomic E-state index is 12.2. The molecule has 122 valence electrons. The molecule has 0 bridgehead atoms. The first-order valence-corrected chi connectivity index (χ1v) is 9.39. The Morgan fingerprint density at radius 3 is 2.78 bits per heavy atom. The minimum atomic E-state index is -3.52. The Kier molecular flexibility index (Phi) is 4.27. The van der Waals surface area contributed by atoms with Gasteiger partial charge in [0.1, 0.15) is 0 Å². The molecule has 0 fully saturated rings. The summed E-state index contributed by atoms with van der Waals surface area (Å²) in [7, 11) is -3.52. The highest BCUT2D eigenvalue weighted by atomic mass is 35.5. The van der Waals surface area contributed by atoms with Gasteiger partial charge < -0.3 is 0 Å². The molecule has 2 aromatic rings. The zero-order valence-electron chi connectivity index (χ0n) is 12.5. The first-order chi connectivity index (χ1) is 10.8. The van der Waals surface area contributed by atoms with Crippen LogP contribution in [0.3, 0.4) is 0 Å². The summed E-state index contributed by atoms with van der Waals surface area (Å²) in [5, 5.41) is 0.429. The van der Waals surface area contributed by atoms with Crippen molar-refractivity contribution in [1.29, 1.82) is 0 Å². The van der Waals surface area contributed by atoms with Crippen molar-refractivity contribution in [1.82, 2.24) is 14.9 Å². The van der Waals surface area contributed by atoms with Crippen LogP contribution in [0.5, 0.6) is 0 Å². The van der Waals surface area contributed by atoms with Crippen LogP contribution in [0, 0.1) is 0 Å². The second kappa shape index (κ2) is 6.07. The van der Waals surface area contributed by atoms with Gasteiger partial charge in [0.05, 0.1) is 11.3 Å². The molecular weight excluding hydrogens is 338 g/mol. The van der Waals surface area contributed by atoms with E-state index in [0.717, 1.165) is 11.8 Å². The number of hydrogen-bond donors (Lipinski definition) is 1. The average Bonchev–Trinajstić information content (AvgIpc) is 2.49. The highest BCUT2D eigenvalue weighted by Gasteiger charge is 2.23. The van der Waals surface area contributed by atoms with Gasteiger partial charge in [-0.2, -0.15) is 0 Å². The second-order valence-electron chi connectivity index (χ2n) is 5.62. The van der Waals surface area contributed by atoms with Crippen LogP contribution < -0.4 is 5.56 Å². The van der Waals surface area contributed by atoms with Gasteiger partial charge in [-0.3, -0.25) is 14.7 Å². The molecule has 0 atom stereocenters. The Hall–Kier alpha value is -1.70. The molecule has 0 saturated carbocycles. The van der Waals surface area contributed by atoms with Crippen molar-refractivity contribution in [2.45, 2.75) is 24.7 Å². The van der Waals surface area contributed by atoms with Gasteiger partial charge in [-0.1, -0.05) is 29.8 Å². The number of aromatic amines is 1. The third-order valence-corrected chi connectivity index (χ3v) is 5.09. The highest BCUT2D eigenvalue weighted by Crippen LogP contribution is 2.21. The summed E-state index contributed by atoms with van der Waals surface area (Å²) in [6, 6.07) is 7.58. The second-order valence-corrected chi connectivity index (χ2v) is 7.96. The standard InChI is InChI=1S/C15H16ClN3O3S/c1-23(21,22)15-17-13-6-7-19(9-11(13)14(20)18-15)8-10-4-2-3-5-12(10)16/h2-5H,6-9H2,1H3,(H,17,18,20). The van der Waals surface area contributed by atoms with Crippen LogP contribution in [0.15, 0.2) is 34.2 Å². The Balaban J connectivity index is 1.87. The van der Waals surface area contributed by atoms with E-state index in [9.17, 15) is 13.2 Å². The molecule has 1 aromatic heterocycles. The number of sulfone groups is 1. The van der Waals surface area contributed by atoms with E-state index < -0.39 is 9.84 Å². The Morgan fingerprint density at radius 1 is 1.35 bits per heavy atom. The lowest BCUT2D eigenvalue weighted by atomic mass is 10.1. The summed E-state index contributed by atoms with van der Waals surface area (Å²) in [6.07, 6.45) is 1.57. The van der Waals surface area contributed by atoms with Crippen molar-refractivity contribution >= 4 is 21.4 Å². The topological polar surface area (TPSA) is 83.1 Å². The zero-order chi connectivity index (χ0) is 16.6. The Bertz CT molecular complexity index is 908. The van der Waals surface area contributed by atoms with Crippen molar-refractivity contribution in [2.24, 2.45) is 0 Å². The number of nitrogens with zero attached hydrogens (tertiary/aromatic N) is 2. The smallest absolute Gasteiger partial charge is 0.256 e. The molecule has 0 aliphatic carbocycles. The first-order valence-electron chi connectivity index (χ1n) is 7.12. The van der Waals surface area contributed by atoms with E-state index in [1.807, 2.05) is 24.3 Å². The number of H-pyrrole nitrogens is 1. The van der Waals surface area contributed by atoms with E-state index in [-0.39, 0.29) is 10.7 Å². The summed E-state index contributed by atoms with van der Waals surface area (Å²) < 4.78 is 23.1. The summed E-state index contributed by atoms with van der Waals surface area (Å²) >= 11 is 6.17. The fourth-order valence-corrected chi connectivity index (χ4v) is 3.39. The van der Waals surface area contributed by atoms with Gasteiger partial charge in [-0.25, -0.2) is 13.4 Å². The predicted molar refractivity (Wildman–Crippen MR) is 87.2 cm³/mol. The lowest BCUT2D eigenvalue weighted by Gasteiger charge is -2.27. The van der Waals surface area contributed by atoms with Gasteiger partial charge in [0.15, 0.2) is 0 Å². The van der Waals surface area contributed by atoms with Crippen molar-refractivity contribution in [3.8, 4) is 0 Å². The minimum absolute atomic E-state index is 0.263. The molecule has 2 heterocycles. The van der Waals surface area contributed by atoms with E-state index in [0.29, 0.717) is 42.3 Å². The third kappa shape index (κ3) is 3.46. The summed E-state index contributed by atoms with van der Waals surface area (Å²) in [5.41, 5.74) is 1.69. The number of aromatic nitrogens is 2. The largest absolute Gasteiger partial charge is 0.297 e. The lowest BCUT2D eigenvalue weighted by molar-refractivity contribution is 0.241. The van der Waals surface area contributed by atoms with E-state index >= 15 is 0 Å². The van der Waals surface area contributed by atoms with E-state index in [1.54, 1.807) is 0 Å². The number of rotatable bonds is 3. The fraction of sp³-hybridized carbons (Fsp3) is 0.333. The average molecular weight is 354 g/mol. The monoisotopic (exact) mass is 353 g/mol. The molecule has 1 aliphatic heterocycles. The van der Waals surface area contributed by atoms with Gasteiger partial charge in [0.25, 0.3) is 5.56 Å². The molecule has 6 nitrogen and oxygen atoms in total. The maximum absolute atomic E-state index is 12.2. The summed E-state index contributed by atoms with van der Waals surface area (Å²) in [4.78, 5) is 20.8. The molecule has 8 heteroatoms. The van der Waals surface area contributed by atoms with Gasteiger partial charge in [0, 0.05) is 37.3 Å². The predicted octanol–water partition coefficient (Wildman–Crippen LogP) is 1.39. The zero-order valence-corrected chi connectivity index (χ0v) is 14.1. The number of hydrogen-bond acceptors (Lipinski definition) is 5. The molecule has 0 amide bonds. The van der Waals surface area contributed by atoms with Gasteiger partial charge in [-0.05, 0) is 11.6 Å². The third-order valence-electron chi connectivity index (χ3n) is 3.83. The quantitative estimate of drug-likeness (QED) is 0.843. The van der Waals surface area contributed by atoms with Gasteiger partial charge in [-0.15, -0.1) is 0 Å². The molecule has 0 saturated heterocycles. The van der Waals surface area contributed by atoms with E-state index in [4.69, 9.17) is 11.6 Å². The van der Waals surface area contributed by atoms with Crippen LogP contribution in [0.4, 0.5) is 0 Å². The van der Waals surface area contributed by atoms with Crippen molar-refractivity contribution in [3.05, 3.63) is 56.5 Å². The van der Waals surface area contributed by atoms with Crippen LogP contribution in [-0.2, 0) is 29.3 Å².